The molecule has 1 aliphatic heterocycles. The number of hydrogen-bond donors (Lipinski definition) is 0. The molecule has 1 saturated heterocycles. The van der Waals surface area contributed by atoms with Gasteiger partial charge in [0.2, 0.25) is 0 Å². The fraction of sp³-hybridized carbons (Fsp3) is 0.938. The van der Waals surface area contributed by atoms with Crippen LogP contribution in [0.4, 0.5) is 0 Å². The third-order valence-corrected chi connectivity index (χ3v) is 7.21. The summed E-state index contributed by atoms with van der Waals surface area (Å²) in [4.78, 5) is 11.9. The summed E-state index contributed by atoms with van der Waals surface area (Å²) >= 11 is 2.62. The van der Waals surface area contributed by atoms with Gasteiger partial charge in [-0.25, -0.2) is 0 Å². The van der Waals surface area contributed by atoms with Crippen molar-refractivity contribution in [1.29, 1.82) is 0 Å². The Hall–Kier alpha value is 0.200. The van der Waals surface area contributed by atoms with E-state index in [4.69, 9.17) is 4.74 Å². The Kier molecular flexibility index (Phi) is 3.06. The van der Waals surface area contributed by atoms with E-state index >= 15 is 0 Å². The molecule has 0 N–H and O–H groups in total. The normalized spacial score (nSPS) is 52.3. The maximum atomic E-state index is 11.9. The maximum absolute atomic E-state index is 11.9. The third kappa shape index (κ3) is 1.97. The molecule has 2 nitrogen and oxygen atoms in total. The number of ether oxygens (including phenoxy) is 1. The van der Waals surface area contributed by atoms with Gasteiger partial charge in [-0.1, -0.05) is 43.4 Å². The van der Waals surface area contributed by atoms with Crippen molar-refractivity contribution in [3.63, 3.8) is 0 Å². The molecule has 3 rings (SSSR count). The molecule has 0 aromatic heterocycles. The van der Waals surface area contributed by atoms with Crippen LogP contribution in [-0.4, -0.2) is 15.5 Å². The molecule has 1 unspecified atom stereocenters. The first-order valence-electron chi connectivity index (χ1n) is 7.53. The number of carbonyl (C=O) groups is 1. The summed E-state index contributed by atoms with van der Waals surface area (Å²) < 4.78 is 6.46. The van der Waals surface area contributed by atoms with Gasteiger partial charge in [-0.2, -0.15) is 0 Å². The highest BCUT2D eigenvalue weighted by atomic mass is 127. The molecule has 0 amide bonds. The van der Waals surface area contributed by atoms with Gasteiger partial charge in [-0.05, 0) is 49.4 Å². The van der Waals surface area contributed by atoms with Gasteiger partial charge >= 0.3 is 5.97 Å². The van der Waals surface area contributed by atoms with Crippen molar-refractivity contribution in [2.75, 3.05) is 0 Å². The van der Waals surface area contributed by atoms with E-state index < -0.39 is 0 Å². The second-order valence-corrected chi connectivity index (χ2v) is 9.90. The molecular weight excluding hydrogens is 351 g/mol. The minimum atomic E-state index is -0.188. The van der Waals surface area contributed by atoms with Gasteiger partial charge in [-0.3, -0.25) is 4.79 Å². The van der Waals surface area contributed by atoms with Crippen molar-refractivity contribution in [3.8, 4) is 0 Å². The summed E-state index contributed by atoms with van der Waals surface area (Å²) in [5.41, 5.74) is 0.477. The van der Waals surface area contributed by atoms with Gasteiger partial charge in [0.25, 0.3) is 0 Å². The van der Waals surface area contributed by atoms with Crippen LogP contribution >= 0.6 is 22.6 Å². The maximum Gasteiger partial charge on any atom is 0.306 e. The van der Waals surface area contributed by atoms with Gasteiger partial charge in [0, 0.05) is 9.84 Å². The van der Waals surface area contributed by atoms with Crippen LogP contribution in [0.25, 0.3) is 0 Å². The smallest absolute Gasteiger partial charge is 0.306 e. The zero-order valence-electron chi connectivity index (χ0n) is 12.5. The molecule has 3 fully saturated rings. The molecule has 0 radical (unpaired) electrons. The van der Waals surface area contributed by atoms with Crippen molar-refractivity contribution >= 4 is 28.6 Å². The van der Waals surface area contributed by atoms with Crippen LogP contribution in [0.5, 0.6) is 0 Å². The van der Waals surface area contributed by atoms with Crippen LogP contribution in [0.2, 0.25) is 0 Å². The van der Waals surface area contributed by atoms with Gasteiger partial charge < -0.3 is 4.74 Å². The van der Waals surface area contributed by atoms with E-state index in [-0.39, 0.29) is 17.0 Å². The van der Waals surface area contributed by atoms with Gasteiger partial charge in [0.1, 0.15) is 5.60 Å². The first kappa shape index (κ1) is 14.2. The highest BCUT2D eigenvalue weighted by Gasteiger charge is 2.63. The fourth-order valence-corrected chi connectivity index (χ4v) is 7.83. The van der Waals surface area contributed by atoms with E-state index in [1.54, 1.807) is 0 Å². The fourth-order valence-electron chi connectivity index (χ4n) is 5.75. The van der Waals surface area contributed by atoms with Crippen LogP contribution in [0.3, 0.4) is 0 Å². The lowest BCUT2D eigenvalue weighted by Gasteiger charge is -2.60. The first-order valence-corrected chi connectivity index (χ1v) is 8.78. The SMILES string of the molecule is CC1(C)C[C@H](I)C[C@@]2(C)C1CC[C@@]1(C)OC(=O)C[C@@H]12. The Morgan fingerprint density at radius 2 is 1.84 bits per heavy atom. The lowest BCUT2D eigenvalue weighted by Crippen LogP contribution is -2.57. The number of alkyl halides is 1. The lowest BCUT2D eigenvalue weighted by atomic mass is 9.45. The molecule has 2 saturated carbocycles. The topological polar surface area (TPSA) is 26.3 Å². The molecule has 5 atom stereocenters. The van der Waals surface area contributed by atoms with Gasteiger partial charge in [-0.15, -0.1) is 0 Å². The molecule has 0 spiro atoms. The van der Waals surface area contributed by atoms with Crippen molar-refractivity contribution in [3.05, 3.63) is 0 Å². The number of hydrogen-bond acceptors (Lipinski definition) is 2. The van der Waals surface area contributed by atoms with Crippen LogP contribution in [0.1, 0.15) is 59.8 Å². The van der Waals surface area contributed by atoms with Crippen molar-refractivity contribution in [2.45, 2.75) is 69.3 Å². The third-order valence-electron chi connectivity index (χ3n) is 6.33. The van der Waals surface area contributed by atoms with E-state index in [0.717, 1.165) is 16.3 Å². The minimum Gasteiger partial charge on any atom is -0.459 e. The van der Waals surface area contributed by atoms with Crippen molar-refractivity contribution in [1.82, 2.24) is 0 Å². The zero-order chi connectivity index (χ0) is 14.1. The highest BCUT2D eigenvalue weighted by molar-refractivity contribution is 14.1. The van der Waals surface area contributed by atoms with E-state index in [0.29, 0.717) is 17.8 Å². The molecule has 0 aromatic carbocycles. The summed E-state index contributed by atoms with van der Waals surface area (Å²) in [7, 11) is 0. The lowest BCUT2D eigenvalue weighted by molar-refractivity contribution is -0.163. The van der Waals surface area contributed by atoms with E-state index in [1.807, 2.05) is 0 Å². The largest absolute Gasteiger partial charge is 0.459 e. The Morgan fingerprint density at radius 3 is 2.53 bits per heavy atom. The Balaban J connectivity index is 2.02. The molecular formula is C16H25IO2. The average molecular weight is 376 g/mol. The quantitative estimate of drug-likeness (QED) is 0.357. The Morgan fingerprint density at radius 1 is 1.16 bits per heavy atom. The van der Waals surface area contributed by atoms with E-state index in [1.165, 1.54) is 19.3 Å². The predicted molar refractivity (Wildman–Crippen MR) is 84.3 cm³/mol. The van der Waals surface area contributed by atoms with Crippen LogP contribution in [0, 0.1) is 22.7 Å². The number of fused-ring (bicyclic) bond motifs is 3. The molecule has 108 valence electrons. The summed E-state index contributed by atoms with van der Waals surface area (Å²) in [6.45, 7) is 9.48. The number of esters is 1. The number of rotatable bonds is 0. The molecule has 1 heterocycles. The van der Waals surface area contributed by atoms with Crippen molar-refractivity contribution < 1.29 is 9.53 Å². The van der Waals surface area contributed by atoms with E-state index in [9.17, 15) is 4.79 Å². The number of carbonyl (C=O) groups excluding carboxylic acids is 1. The Labute approximate surface area is 130 Å². The molecule has 19 heavy (non-hydrogen) atoms. The van der Waals surface area contributed by atoms with Gasteiger partial charge in [0.05, 0.1) is 6.42 Å². The molecule has 3 aliphatic rings. The molecule has 0 aromatic rings. The standard InChI is InChI=1S/C16H25IO2/c1-14(2)8-10(17)9-15(3)11(14)5-6-16(4)12(15)7-13(18)19-16/h10-12H,5-9H2,1-4H3/t10-,11?,12+,15-,16+/m0/s1. The predicted octanol–water partition coefficient (Wildman–Crippen LogP) is 4.35. The second kappa shape index (κ2) is 4.11. The zero-order valence-corrected chi connectivity index (χ0v) is 14.6. The van der Waals surface area contributed by atoms with Crippen LogP contribution < -0.4 is 0 Å². The summed E-state index contributed by atoms with van der Waals surface area (Å²) in [6.07, 6.45) is 5.47. The summed E-state index contributed by atoms with van der Waals surface area (Å²) in [5.74, 6) is 1.18. The average Bonchev–Trinajstić information content (AvgIpc) is 2.51. The number of halogens is 1. The highest BCUT2D eigenvalue weighted by Crippen LogP contribution is 2.65. The van der Waals surface area contributed by atoms with Crippen LogP contribution in [-0.2, 0) is 9.53 Å². The monoisotopic (exact) mass is 376 g/mol. The molecule has 3 heteroatoms. The summed E-state index contributed by atoms with van der Waals surface area (Å²) in [6, 6.07) is 0. The van der Waals surface area contributed by atoms with Crippen LogP contribution in [0.15, 0.2) is 0 Å². The first-order chi connectivity index (χ1) is 8.67. The minimum absolute atomic E-state index is 0.0303. The molecule has 2 aliphatic carbocycles. The summed E-state index contributed by atoms with van der Waals surface area (Å²) in [5, 5.41) is 0. The van der Waals surface area contributed by atoms with Gasteiger partial charge in [0.15, 0.2) is 0 Å². The Bertz CT molecular complexity index is 419. The van der Waals surface area contributed by atoms with E-state index in [2.05, 4.69) is 50.3 Å². The molecule has 0 bridgehead atoms. The second-order valence-electron chi connectivity index (χ2n) is 8.13. The van der Waals surface area contributed by atoms with Crippen molar-refractivity contribution in [2.24, 2.45) is 22.7 Å².